The first-order valence-electron chi connectivity index (χ1n) is 4.76. The van der Waals surface area contributed by atoms with Crippen molar-refractivity contribution in [1.29, 1.82) is 0 Å². The van der Waals surface area contributed by atoms with E-state index in [9.17, 15) is 9.18 Å². The lowest BCUT2D eigenvalue weighted by Gasteiger charge is -2.07. The van der Waals surface area contributed by atoms with E-state index in [2.05, 4.69) is 9.68 Å². The summed E-state index contributed by atoms with van der Waals surface area (Å²) in [6.45, 7) is 0. The molecule has 0 aliphatic heterocycles. The molecule has 2 aromatic rings. The number of aromatic carboxylic acids is 1. The summed E-state index contributed by atoms with van der Waals surface area (Å²) in [5.41, 5.74) is 0.351. The standard InChI is InChI=1S/C11H7ClFNO4/c1-17-10-6(2-5(13)3-7(10)12)8-4-9(11(15)16)18-14-8/h2-4H,1H3,(H,15,16). The Hall–Kier alpha value is -2.08. The molecule has 0 saturated heterocycles. The van der Waals surface area contributed by atoms with Gasteiger partial charge in [-0.1, -0.05) is 16.8 Å². The van der Waals surface area contributed by atoms with E-state index >= 15 is 0 Å². The third-order valence-electron chi connectivity index (χ3n) is 2.21. The maximum absolute atomic E-state index is 13.3. The van der Waals surface area contributed by atoms with Gasteiger partial charge < -0.3 is 14.4 Å². The van der Waals surface area contributed by atoms with Crippen molar-refractivity contribution < 1.29 is 23.6 Å². The van der Waals surface area contributed by atoms with Crippen LogP contribution in [0.15, 0.2) is 22.7 Å². The molecule has 1 aromatic heterocycles. The summed E-state index contributed by atoms with van der Waals surface area (Å²) < 4.78 is 22.9. The molecule has 0 unspecified atom stereocenters. The molecular formula is C11H7ClFNO4. The quantitative estimate of drug-likeness (QED) is 0.929. The number of carboxylic acid groups (broad SMARTS) is 1. The Morgan fingerprint density at radius 3 is 2.78 bits per heavy atom. The van der Waals surface area contributed by atoms with Crippen molar-refractivity contribution in [2.75, 3.05) is 7.11 Å². The molecule has 5 nitrogen and oxygen atoms in total. The normalized spacial score (nSPS) is 10.4. The van der Waals surface area contributed by atoms with E-state index in [4.69, 9.17) is 21.4 Å². The van der Waals surface area contributed by atoms with Crippen molar-refractivity contribution in [3.05, 3.63) is 34.8 Å². The maximum Gasteiger partial charge on any atom is 0.374 e. The summed E-state index contributed by atoms with van der Waals surface area (Å²) in [6, 6.07) is 3.38. The minimum atomic E-state index is -1.27. The smallest absolute Gasteiger partial charge is 0.374 e. The molecule has 0 aliphatic carbocycles. The van der Waals surface area contributed by atoms with Gasteiger partial charge in [-0.15, -0.1) is 0 Å². The van der Waals surface area contributed by atoms with E-state index in [1.807, 2.05) is 0 Å². The molecule has 0 spiro atoms. The molecule has 0 saturated carbocycles. The van der Waals surface area contributed by atoms with Crippen LogP contribution in [0.1, 0.15) is 10.6 Å². The van der Waals surface area contributed by atoms with E-state index in [1.165, 1.54) is 7.11 Å². The van der Waals surface area contributed by atoms with Gasteiger partial charge in [0.25, 0.3) is 0 Å². The number of hydrogen-bond donors (Lipinski definition) is 1. The molecule has 94 valence electrons. The molecule has 0 radical (unpaired) electrons. The molecule has 2 rings (SSSR count). The first-order valence-corrected chi connectivity index (χ1v) is 5.14. The lowest BCUT2D eigenvalue weighted by molar-refractivity contribution is 0.0652. The molecule has 1 heterocycles. The van der Waals surface area contributed by atoms with Crippen molar-refractivity contribution in [3.8, 4) is 17.0 Å². The molecule has 0 atom stereocenters. The maximum atomic E-state index is 13.3. The van der Waals surface area contributed by atoms with E-state index in [-0.39, 0.29) is 27.8 Å². The van der Waals surface area contributed by atoms with Crippen LogP contribution in [0.3, 0.4) is 0 Å². The predicted octanol–water partition coefficient (Wildman–Crippen LogP) is 2.84. The van der Waals surface area contributed by atoms with Gasteiger partial charge in [0.05, 0.1) is 17.7 Å². The summed E-state index contributed by atoms with van der Waals surface area (Å²) in [5.74, 6) is -2.01. The van der Waals surface area contributed by atoms with Gasteiger partial charge in [-0.25, -0.2) is 9.18 Å². The lowest BCUT2D eigenvalue weighted by Crippen LogP contribution is -1.92. The molecular weight excluding hydrogens is 265 g/mol. The molecule has 0 fully saturated rings. The Balaban J connectivity index is 2.58. The van der Waals surface area contributed by atoms with Gasteiger partial charge in [-0.3, -0.25) is 0 Å². The molecule has 1 aromatic carbocycles. The van der Waals surface area contributed by atoms with Crippen LogP contribution >= 0.6 is 11.6 Å². The van der Waals surface area contributed by atoms with Crippen LogP contribution in [0.25, 0.3) is 11.3 Å². The van der Waals surface area contributed by atoms with Gasteiger partial charge in [0.1, 0.15) is 17.3 Å². The van der Waals surface area contributed by atoms with Gasteiger partial charge in [-0.05, 0) is 12.1 Å². The number of nitrogens with zero attached hydrogens (tertiary/aromatic N) is 1. The summed E-state index contributed by atoms with van der Waals surface area (Å²) in [4.78, 5) is 10.7. The minimum Gasteiger partial charge on any atom is -0.494 e. The van der Waals surface area contributed by atoms with Crippen LogP contribution in [0, 0.1) is 5.82 Å². The van der Waals surface area contributed by atoms with Gasteiger partial charge in [0.15, 0.2) is 0 Å². The average molecular weight is 272 g/mol. The highest BCUT2D eigenvalue weighted by atomic mass is 35.5. The zero-order valence-electron chi connectivity index (χ0n) is 9.11. The number of rotatable bonds is 3. The Morgan fingerprint density at radius 2 is 2.22 bits per heavy atom. The second kappa shape index (κ2) is 4.66. The number of aromatic nitrogens is 1. The third-order valence-corrected chi connectivity index (χ3v) is 2.49. The fourth-order valence-corrected chi connectivity index (χ4v) is 1.74. The number of carbonyl (C=O) groups is 1. The molecule has 0 amide bonds. The van der Waals surface area contributed by atoms with Crippen LogP contribution in [0.4, 0.5) is 4.39 Å². The SMILES string of the molecule is COc1c(Cl)cc(F)cc1-c1cc(C(=O)O)on1. The second-order valence-electron chi connectivity index (χ2n) is 3.35. The van der Waals surface area contributed by atoms with Gasteiger partial charge >= 0.3 is 5.97 Å². The molecule has 0 bridgehead atoms. The average Bonchev–Trinajstić information content (AvgIpc) is 2.77. The van der Waals surface area contributed by atoms with E-state index < -0.39 is 11.8 Å². The zero-order chi connectivity index (χ0) is 13.3. The van der Waals surface area contributed by atoms with E-state index in [0.29, 0.717) is 0 Å². The second-order valence-corrected chi connectivity index (χ2v) is 3.76. The Kier molecular flexibility index (Phi) is 3.20. The first-order chi connectivity index (χ1) is 8.52. The number of methoxy groups -OCH3 is 1. The molecule has 0 aliphatic rings. The van der Waals surface area contributed by atoms with Crippen molar-refractivity contribution in [1.82, 2.24) is 5.16 Å². The zero-order valence-corrected chi connectivity index (χ0v) is 9.86. The molecule has 1 N–H and O–H groups in total. The van der Waals surface area contributed by atoms with Gasteiger partial charge in [0.2, 0.25) is 5.76 Å². The van der Waals surface area contributed by atoms with Crippen LogP contribution in [-0.4, -0.2) is 23.3 Å². The lowest BCUT2D eigenvalue weighted by atomic mass is 10.1. The molecule has 18 heavy (non-hydrogen) atoms. The predicted molar refractivity (Wildman–Crippen MR) is 60.4 cm³/mol. The van der Waals surface area contributed by atoms with Crippen LogP contribution in [-0.2, 0) is 0 Å². The monoisotopic (exact) mass is 271 g/mol. The minimum absolute atomic E-state index is 0.0624. The van der Waals surface area contributed by atoms with Crippen LogP contribution in [0.2, 0.25) is 5.02 Å². The Morgan fingerprint density at radius 1 is 1.50 bits per heavy atom. The number of hydrogen-bond acceptors (Lipinski definition) is 4. The van der Waals surface area contributed by atoms with Crippen molar-refractivity contribution in [2.24, 2.45) is 0 Å². The topological polar surface area (TPSA) is 72.6 Å². The highest BCUT2D eigenvalue weighted by molar-refractivity contribution is 6.32. The van der Waals surface area contributed by atoms with Crippen molar-refractivity contribution >= 4 is 17.6 Å². The summed E-state index contributed by atoms with van der Waals surface area (Å²) in [7, 11) is 1.36. The number of benzene rings is 1. The number of carboxylic acids is 1. The highest BCUT2D eigenvalue weighted by Crippen LogP contribution is 2.36. The Labute approximate surface area is 106 Å². The largest absolute Gasteiger partial charge is 0.494 e. The first kappa shape index (κ1) is 12.4. The highest BCUT2D eigenvalue weighted by Gasteiger charge is 2.18. The van der Waals surface area contributed by atoms with Crippen molar-refractivity contribution in [2.45, 2.75) is 0 Å². The van der Waals surface area contributed by atoms with E-state index in [0.717, 1.165) is 18.2 Å². The van der Waals surface area contributed by atoms with Crippen molar-refractivity contribution in [3.63, 3.8) is 0 Å². The van der Waals surface area contributed by atoms with Crippen LogP contribution in [0.5, 0.6) is 5.75 Å². The van der Waals surface area contributed by atoms with E-state index in [1.54, 1.807) is 0 Å². The third kappa shape index (κ3) is 2.14. The molecule has 7 heteroatoms. The van der Waals surface area contributed by atoms with Crippen LogP contribution < -0.4 is 4.74 Å². The number of halogens is 2. The Bertz CT molecular complexity index is 611. The van der Waals surface area contributed by atoms with Gasteiger partial charge in [0, 0.05) is 6.07 Å². The fourth-order valence-electron chi connectivity index (χ4n) is 1.46. The summed E-state index contributed by atoms with van der Waals surface area (Å²) in [6.07, 6.45) is 0. The fraction of sp³-hybridized carbons (Fsp3) is 0.0909. The van der Waals surface area contributed by atoms with Gasteiger partial charge in [-0.2, -0.15) is 0 Å². The summed E-state index contributed by atoms with van der Waals surface area (Å²) >= 11 is 5.81. The summed E-state index contributed by atoms with van der Waals surface area (Å²) in [5, 5.41) is 12.3. The number of ether oxygens (including phenoxy) is 1.